The summed E-state index contributed by atoms with van der Waals surface area (Å²) in [4.78, 5) is 36.1. The van der Waals surface area contributed by atoms with Gasteiger partial charge in [-0.25, -0.2) is 0 Å². The van der Waals surface area contributed by atoms with Crippen LogP contribution in [0.15, 0.2) is 6.07 Å². The highest BCUT2D eigenvalue weighted by molar-refractivity contribution is 7.14. The van der Waals surface area contributed by atoms with Crippen LogP contribution in [0.5, 0.6) is 0 Å². The second kappa shape index (κ2) is 6.26. The Balaban J connectivity index is 2.09. The van der Waals surface area contributed by atoms with Gasteiger partial charge in [0.05, 0.1) is 11.3 Å². The van der Waals surface area contributed by atoms with Crippen molar-refractivity contribution in [2.75, 3.05) is 0 Å². The Labute approximate surface area is 126 Å². The van der Waals surface area contributed by atoms with E-state index in [-0.39, 0.29) is 12.3 Å². The van der Waals surface area contributed by atoms with Gasteiger partial charge in [0.1, 0.15) is 6.04 Å². The van der Waals surface area contributed by atoms with Gasteiger partial charge in [0.15, 0.2) is 0 Å². The van der Waals surface area contributed by atoms with Crippen molar-refractivity contribution >= 4 is 29.1 Å². The Morgan fingerprint density at radius 3 is 2.76 bits per heavy atom. The molecule has 1 aliphatic rings. The molecule has 0 saturated carbocycles. The van der Waals surface area contributed by atoms with Crippen LogP contribution >= 0.6 is 11.3 Å². The van der Waals surface area contributed by atoms with Crippen LogP contribution in [-0.4, -0.2) is 23.8 Å². The lowest BCUT2D eigenvalue weighted by Crippen LogP contribution is -2.46. The molecule has 1 aromatic rings. The zero-order valence-electron chi connectivity index (χ0n) is 11.8. The third-order valence-electron chi connectivity index (χ3n) is 3.61. The van der Waals surface area contributed by atoms with E-state index >= 15 is 0 Å². The van der Waals surface area contributed by atoms with E-state index in [2.05, 4.69) is 12.2 Å². The first kappa shape index (κ1) is 15.5. The van der Waals surface area contributed by atoms with Gasteiger partial charge in [-0.05, 0) is 36.8 Å². The molecule has 0 aromatic carbocycles. The first-order valence-corrected chi connectivity index (χ1v) is 7.68. The molecule has 3 amide bonds. The number of nitrogens with two attached hydrogens (primary N) is 2. The summed E-state index contributed by atoms with van der Waals surface area (Å²) in [6.07, 6.45) is 2.79. The molecule has 1 aliphatic carbocycles. The number of rotatable bonds is 5. The molecule has 1 aromatic heterocycles. The van der Waals surface area contributed by atoms with Gasteiger partial charge in [-0.2, -0.15) is 0 Å². The van der Waals surface area contributed by atoms with Gasteiger partial charge in [-0.3, -0.25) is 14.4 Å². The molecule has 2 unspecified atom stereocenters. The normalized spacial score (nSPS) is 18.6. The number of carbonyl (C=O) groups excluding carboxylic acids is 3. The van der Waals surface area contributed by atoms with Crippen LogP contribution in [-0.2, 0) is 22.4 Å². The minimum Gasteiger partial charge on any atom is -0.370 e. The average molecular weight is 309 g/mol. The van der Waals surface area contributed by atoms with Gasteiger partial charge in [-0.1, -0.05) is 6.92 Å². The minimum absolute atomic E-state index is 0.288. The van der Waals surface area contributed by atoms with E-state index in [0.717, 1.165) is 19.3 Å². The second-order valence-electron chi connectivity index (χ2n) is 5.51. The molecule has 1 heterocycles. The third kappa shape index (κ3) is 3.81. The van der Waals surface area contributed by atoms with E-state index in [1.807, 2.05) is 6.07 Å². The van der Waals surface area contributed by atoms with Crippen molar-refractivity contribution in [3.63, 3.8) is 0 Å². The fourth-order valence-corrected chi connectivity index (χ4v) is 3.58. The van der Waals surface area contributed by atoms with Crippen LogP contribution in [0.3, 0.4) is 0 Å². The van der Waals surface area contributed by atoms with E-state index in [0.29, 0.717) is 10.8 Å². The first-order valence-electron chi connectivity index (χ1n) is 6.87. The topological polar surface area (TPSA) is 115 Å². The van der Waals surface area contributed by atoms with E-state index in [1.54, 1.807) is 0 Å². The highest BCUT2D eigenvalue weighted by Gasteiger charge is 2.24. The number of hydrogen-bond acceptors (Lipinski definition) is 4. The fourth-order valence-electron chi connectivity index (χ4n) is 2.47. The Kier molecular flexibility index (Phi) is 4.62. The predicted octanol–water partition coefficient (Wildman–Crippen LogP) is 0.332. The molecule has 6 nitrogen and oxygen atoms in total. The SMILES string of the molecule is CC1CCc2sc(C(=O)NC(CC(N)=O)C(N)=O)cc2C1. The van der Waals surface area contributed by atoms with Crippen molar-refractivity contribution in [2.45, 2.75) is 38.6 Å². The summed E-state index contributed by atoms with van der Waals surface area (Å²) in [6, 6.07) is 0.806. The molecule has 0 radical (unpaired) electrons. The van der Waals surface area contributed by atoms with Crippen LogP contribution in [0.1, 0.15) is 39.9 Å². The van der Waals surface area contributed by atoms with Crippen molar-refractivity contribution in [3.05, 3.63) is 21.4 Å². The zero-order chi connectivity index (χ0) is 15.6. The molecule has 0 bridgehead atoms. The van der Waals surface area contributed by atoms with Crippen LogP contribution < -0.4 is 16.8 Å². The summed E-state index contributed by atoms with van der Waals surface area (Å²) in [5.41, 5.74) is 11.4. The fraction of sp³-hybridized carbons (Fsp3) is 0.500. The van der Waals surface area contributed by atoms with Crippen molar-refractivity contribution in [1.82, 2.24) is 5.32 Å². The molecule has 2 atom stereocenters. The summed E-state index contributed by atoms with van der Waals surface area (Å²) in [5, 5.41) is 2.48. The quantitative estimate of drug-likeness (QED) is 0.728. The largest absolute Gasteiger partial charge is 0.370 e. The standard InChI is InChI=1S/C14H19N3O3S/c1-7-2-3-10-8(4-7)5-11(21-10)14(20)17-9(13(16)19)6-12(15)18/h5,7,9H,2-4,6H2,1H3,(H2,15,18)(H2,16,19)(H,17,20). The van der Waals surface area contributed by atoms with Crippen LogP contribution in [0.2, 0.25) is 0 Å². The van der Waals surface area contributed by atoms with Gasteiger partial charge in [0.2, 0.25) is 11.8 Å². The Hall–Kier alpha value is -1.89. The minimum atomic E-state index is -1.06. The Morgan fingerprint density at radius 2 is 2.14 bits per heavy atom. The zero-order valence-corrected chi connectivity index (χ0v) is 12.7. The van der Waals surface area contributed by atoms with Crippen LogP contribution in [0.25, 0.3) is 0 Å². The van der Waals surface area contributed by atoms with E-state index in [1.165, 1.54) is 21.8 Å². The number of primary amides is 2. The lowest BCUT2D eigenvalue weighted by atomic mass is 9.90. The van der Waals surface area contributed by atoms with Crippen LogP contribution in [0.4, 0.5) is 0 Å². The van der Waals surface area contributed by atoms with Crippen molar-refractivity contribution in [3.8, 4) is 0 Å². The van der Waals surface area contributed by atoms with Gasteiger partial charge in [-0.15, -0.1) is 11.3 Å². The molecule has 0 aliphatic heterocycles. The maximum absolute atomic E-state index is 12.2. The van der Waals surface area contributed by atoms with Crippen molar-refractivity contribution in [2.24, 2.45) is 17.4 Å². The lowest BCUT2D eigenvalue weighted by molar-refractivity contribution is -0.124. The highest BCUT2D eigenvalue weighted by Crippen LogP contribution is 2.32. The van der Waals surface area contributed by atoms with Gasteiger partial charge in [0.25, 0.3) is 5.91 Å². The average Bonchev–Trinajstić information content (AvgIpc) is 2.80. The summed E-state index contributed by atoms with van der Waals surface area (Å²) in [6.45, 7) is 2.19. The number of nitrogens with one attached hydrogen (secondary N) is 1. The molecule has 114 valence electrons. The summed E-state index contributed by atoms with van der Waals surface area (Å²) in [7, 11) is 0. The molecule has 0 saturated heterocycles. The van der Waals surface area contributed by atoms with E-state index < -0.39 is 17.9 Å². The molecular formula is C14H19N3O3S. The second-order valence-corrected chi connectivity index (χ2v) is 6.64. The van der Waals surface area contributed by atoms with Crippen LogP contribution in [0, 0.1) is 5.92 Å². The summed E-state index contributed by atoms with van der Waals surface area (Å²) in [5.74, 6) is -1.21. The number of amides is 3. The molecular weight excluding hydrogens is 290 g/mol. The smallest absolute Gasteiger partial charge is 0.262 e. The monoisotopic (exact) mass is 309 g/mol. The Morgan fingerprint density at radius 1 is 1.43 bits per heavy atom. The van der Waals surface area contributed by atoms with Crippen molar-refractivity contribution < 1.29 is 14.4 Å². The Bertz CT molecular complexity index is 582. The number of hydrogen-bond donors (Lipinski definition) is 3. The first-order chi connectivity index (χ1) is 9.86. The van der Waals surface area contributed by atoms with Crippen molar-refractivity contribution in [1.29, 1.82) is 0 Å². The van der Waals surface area contributed by atoms with Gasteiger partial charge < -0.3 is 16.8 Å². The predicted molar refractivity (Wildman–Crippen MR) is 79.8 cm³/mol. The number of fused-ring (bicyclic) bond motifs is 1. The van der Waals surface area contributed by atoms with E-state index in [9.17, 15) is 14.4 Å². The molecule has 0 spiro atoms. The van der Waals surface area contributed by atoms with Gasteiger partial charge in [0, 0.05) is 4.88 Å². The molecule has 0 fully saturated rings. The summed E-state index contributed by atoms with van der Waals surface area (Å²) < 4.78 is 0. The molecule has 5 N–H and O–H groups in total. The number of aryl methyl sites for hydroxylation is 1. The number of carbonyl (C=O) groups is 3. The molecule has 2 rings (SSSR count). The lowest BCUT2D eigenvalue weighted by Gasteiger charge is -2.16. The number of thiophene rings is 1. The third-order valence-corrected chi connectivity index (χ3v) is 4.84. The molecule has 21 heavy (non-hydrogen) atoms. The maximum atomic E-state index is 12.2. The molecule has 7 heteroatoms. The maximum Gasteiger partial charge on any atom is 0.262 e. The van der Waals surface area contributed by atoms with Gasteiger partial charge >= 0.3 is 0 Å². The highest BCUT2D eigenvalue weighted by atomic mass is 32.1. The summed E-state index contributed by atoms with van der Waals surface area (Å²) >= 11 is 1.44. The van der Waals surface area contributed by atoms with E-state index in [4.69, 9.17) is 11.5 Å².